The first-order valence-electron chi connectivity index (χ1n) is 12.4. The van der Waals surface area contributed by atoms with Crippen LogP contribution in [0.5, 0.6) is 17.2 Å². The van der Waals surface area contributed by atoms with Gasteiger partial charge in [-0.25, -0.2) is 4.39 Å². The number of nitrogens with zero attached hydrogens (tertiary/aromatic N) is 1. The summed E-state index contributed by atoms with van der Waals surface area (Å²) >= 11 is 0. The van der Waals surface area contributed by atoms with Crippen LogP contribution < -0.4 is 19.5 Å². The molecule has 0 fully saturated rings. The zero-order valence-corrected chi connectivity index (χ0v) is 21.3. The van der Waals surface area contributed by atoms with Crippen LogP contribution in [0, 0.1) is 5.82 Å². The standard InChI is InChI=1S/C31H27FN2O5/c1-37-26-13-10-22(11-14-26)19-34(29(35)16-21-6-3-2-4-7-21)30(23-8-5-9-24(32)17-23)31(36)33-25-12-15-27-28(18-25)39-20-38-27/h2-15,17-18,30H,16,19-20H2,1H3,(H,33,36). The van der Waals surface area contributed by atoms with Crippen LogP contribution in [0.15, 0.2) is 97.1 Å². The summed E-state index contributed by atoms with van der Waals surface area (Å²) in [6.45, 7) is 0.216. The number of fused-ring (bicyclic) bond motifs is 1. The summed E-state index contributed by atoms with van der Waals surface area (Å²) in [4.78, 5) is 29.2. The highest BCUT2D eigenvalue weighted by molar-refractivity contribution is 5.98. The van der Waals surface area contributed by atoms with Gasteiger partial charge in [0.15, 0.2) is 11.5 Å². The van der Waals surface area contributed by atoms with Crippen LogP contribution in [0.3, 0.4) is 0 Å². The van der Waals surface area contributed by atoms with Gasteiger partial charge in [-0.05, 0) is 53.1 Å². The second-order valence-electron chi connectivity index (χ2n) is 9.05. The fraction of sp³-hybridized carbons (Fsp3) is 0.161. The molecule has 1 aliphatic rings. The van der Waals surface area contributed by atoms with Crippen LogP contribution in [-0.4, -0.2) is 30.6 Å². The molecule has 1 heterocycles. The summed E-state index contributed by atoms with van der Waals surface area (Å²) in [6, 6.07) is 26.2. The minimum Gasteiger partial charge on any atom is -0.497 e. The van der Waals surface area contributed by atoms with E-state index in [0.717, 1.165) is 11.1 Å². The highest BCUT2D eigenvalue weighted by Crippen LogP contribution is 2.35. The normalized spacial score (nSPS) is 12.5. The molecule has 1 unspecified atom stereocenters. The van der Waals surface area contributed by atoms with E-state index in [1.165, 1.54) is 23.1 Å². The van der Waals surface area contributed by atoms with Gasteiger partial charge in [0, 0.05) is 18.3 Å². The Morgan fingerprint density at radius 1 is 0.897 bits per heavy atom. The molecule has 0 spiro atoms. The lowest BCUT2D eigenvalue weighted by atomic mass is 10.0. The van der Waals surface area contributed by atoms with Crippen molar-refractivity contribution in [2.75, 3.05) is 19.2 Å². The molecule has 0 bridgehead atoms. The number of halogens is 1. The maximum atomic E-state index is 14.4. The summed E-state index contributed by atoms with van der Waals surface area (Å²) in [5, 5.41) is 2.88. The number of anilines is 1. The van der Waals surface area contributed by atoms with Crippen molar-refractivity contribution in [1.82, 2.24) is 4.90 Å². The van der Waals surface area contributed by atoms with Crippen LogP contribution in [0.4, 0.5) is 10.1 Å². The van der Waals surface area contributed by atoms with Gasteiger partial charge in [-0.1, -0.05) is 54.6 Å². The summed E-state index contributed by atoms with van der Waals surface area (Å²) < 4.78 is 30.5. The Morgan fingerprint density at radius 3 is 2.41 bits per heavy atom. The zero-order valence-electron chi connectivity index (χ0n) is 21.3. The van der Waals surface area contributed by atoms with Gasteiger partial charge in [0.1, 0.15) is 17.6 Å². The molecule has 4 aromatic carbocycles. The molecule has 0 saturated carbocycles. The molecule has 4 aromatic rings. The summed E-state index contributed by atoms with van der Waals surface area (Å²) in [5.41, 5.74) is 2.40. The largest absolute Gasteiger partial charge is 0.497 e. The molecule has 198 valence electrons. The van der Waals surface area contributed by atoms with Gasteiger partial charge in [0.25, 0.3) is 5.91 Å². The number of nitrogens with one attached hydrogen (secondary N) is 1. The van der Waals surface area contributed by atoms with Crippen LogP contribution in [-0.2, 0) is 22.6 Å². The van der Waals surface area contributed by atoms with Gasteiger partial charge in [-0.2, -0.15) is 0 Å². The van der Waals surface area contributed by atoms with Gasteiger partial charge in [0.05, 0.1) is 13.5 Å². The van der Waals surface area contributed by atoms with Gasteiger partial charge >= 0.3 is 0 Å². The molecule has 39 heavy (non-hydrogen) atoms. The Bertz CT molecular complexity index is 1460. The second-order valence-corrected chi connectivity index (χ2v) is 9.05. The van der Waals surface area contributed by atoms with E-state index in [1.807, 2.05) is 42.5 Å². The predicted molar refractivity (Wildman–Crippen MR) is 144 cm³/mol. The van der Waals surface area contributed by atoms with Crippen LogP contribution in [0.1, 0.15) is 22.7 Å². The minimum absolute atomic E-state index is 0.0696. The van der Waals surface area contributed by atoms with Crippen molar-refractivity contribution in [2.45, 2.75) is 19.0 Å². The highest BCUT2D eigenvalue weighted by atomic mass is 19.1. The van der Waals surface area contributed by atoms with E-state index in [1.54, 1.807) is 43.5 Å². The third kappa shape index (κ3) is 6.18. The lowest BCUT2D eigenvalue weighted by Crippen LogP contribution is -2.41. The first kappa shape index (κ1) is 25.8. The molecule has 7 nitrogen and oxygen atoms in total. The Balaban J connectivity index is 1.52. The molecule has 1 aliphatic heterocycles. The molecule has 1 atom stereocenters. The zero-order chi connectivity index (χ0) is 27.2. The molecular weight excluding hydrogens is 499 g/mol. The third-order valence-corrected chi connectivity index (χ3v) is 6.40. The number of carbonyl (C=O) groups is 2. The number of amides is 2. The topological polar surface area (TPSA) is 77.1 Å². The lowest BCUT2D eigenvalue weighted by molar-refractivity contribution is -0.139. The Morgan fingerprint density at radius 2 is 1.67 bits per heavy atom. The van der Waals surface area contributed by atoms with E-state index >= 15 is 0 Å². The van der Waals surface area contributed by atoms with Crippen molar-refractivity contribution in [1.29, 1.82) is 0 Å². The van der Waals surface area contributed by atoms with Crippen LogP contribution in [0.25, 0.3) is 0 Å². The minimum atomic E-state index is -1.12. The molecule has 0 radical (unpaired) electrons. The predicted octanol–water partition coefficient (Wildman–Crippen LogP) is 5.51. The highest BCUT2D eigenvalue weighted by Gasteiger charge is 2.32. The quantitative estimate of drug-likeness (QED) is 0.311. The third-order valence-electron chi connectivity index (χ3n) is 6.40. The van der Waals surface area contributed by atoms with E-state index in [9.17, 15) is 14.0 Å². The molecule has 0 aromatic heterocycles. The second kappa shape index (κ2) is 11.7. The van der Waals surface area contributed by atoms with Gasteiger partial charge < -0.3 is 24.4 Å². The number of hydrogen-bond acceptors (Lipinski definition) is 5. The molecule has 1 N–H and O–H groups in total. The summed E-state index contributed by atoms with van der Waals surface area (Å²) in [7, 11) is 1.57. The fourth-order valence-electron chi connectivity index (χ4n) is 4.46. The number of rotatable bonds is 9. The fourth-order valence-corrected chi connectivity index (χ4v) is 4.46. The molecular formula is C31H27FN2O5. The molecule has 5 rings (SSSR count). The van der Waals surface area contributed by atoms with Crippen molar-refractivity contribution in [3.05, 3.63) is 120 Å². The van der Waals surface area contributed by atoms with Crippen LogP contribution in [0.2, 0.25) is 0 Å². The van der Waals surface area contributed by atoms with Crippen molar-refractivity contribution < 1.29 is 28.2 Å². The van der Waals surface area contributed by atoms with Gasteiger partial charge in [0.2, 0.25) is 12.7 Å². The van der Waals surface area contributed by atoms with Crippen molar-refractivity contribution >= 4 is 17.5 Å². The SMILES string of the molecule is COc1ccc(CN(C(=O)Cc2ccccc2)C(C(=O)Nc2ccc3c(c2)OCO3)c2cccc(F)c2)cc1. The van der Waals surface area contributed by atoms with Gasteiger partial charge in [-0.15, -0.1) is 0 Å². The Hall–Kier alpha value is -4.85. The average molecular weight is 527 g/mol. The smallest absolute Gasteiger partial charge is 0.251 e. The van der Waals surface area contributed by atoms with E-state index in [2.05, 4.69) is 5.32 Å². The lowest BCUT2D eigenvalue weighted by Gasteiger charge is -2.32. The number of carbonyl (C=O) groups excluding carboxylic acids is 2. The number of methoxy groups -OCH3 is 1. The van der Waals surface area contributed by atoms with E-state index in [4.69, 9.17) is 14.2 Å². The Labute approximate surface area is 225 Å². The first-order chi connectivity index (χ1) is 19.0. The molecule has 0 saturated heterocycles. The van der Waals surface area contributed by atoms with E-state index < -0.39 is 17.8 Å². The maximum Gasteiger partial charge on any atom is 0.251 e. The molecule has 0 aliphatic carbocycles. The average Bonchev–Trinajstić information content (AvgIpc) is 3.42. The Kier molecular flexibility index (Phi) is 7.73. The number of ether oxygens (including phenoxy) is 3. The maximum absolute atomic E-state index is 14.4. The summed E-state index contributed by atoms with van der Waals surface area (Å²) in [6.07, 6.45) is 0.0696. The number of benzene rings is 4. The van der Waals surface area contributed by atoms with Crippen LogP contribution >= 0.6 is 0 Å². The van der Waals surface area contributed by atoms with Gasteiger partial charge in [-0.3, -0.25) is 9.59 Å². The van der Waals surface area contributed by atoms with E-state index in [0.29, 0.717) is 28.5 Å². The van der Waals surface area contributed by atoms with Crippen molar-refractivity contribution in [2.24, 2.45) is 0 Å². The monoisotopic (exact) mass is 526 g/mol. The molecule has 2 amide bonds. The van der Waals surface area contributed by atoms with Crippen molar-refractivity contribution in [3.8, 4) is 17.2 Å². The number of hydrogen-bond donors (Lipinski definition) is 1. The van der Waals surface area contributed by atoms with E-state index in [-0.39, 0.29) is 25.7 Å². The first-order valence-corrected chi connectivity index (χ1v) is 12.4. The summed E-state index contributed by atoms with van der Waals surface area (Å²) in [5.74, 6) is 0.470. The van der Waals surface area contributed by atoms with Crippen molar-refractivity contribution in [3.63, 3.8) is 0 Å². The molecule has 8 heteroatoms.